The van der Waals surface area contributed by atoms with E-state index in [0.717, 1.165) is 43.2 Å². The Morgan fingerprint density at radius 2 is 1.92 bits per heavy atom. The maximum Gasteiger partial charge on any atom is 0.410 e. The summed E-state index contributed by atoms with van der Waals surface area (Å²) in [6.07, 6.45) is 4.47. The Morgan fingerprint density at radius 1 is 1.17 bits per heavy atom. The molecule has 0 N–H and O–H groups in total. The predicted molar refractivity (Wildman–Crippen MR) is 93.2 cm³/mol. The molecular weight excluding hydrogens is 302 g/mol. The van der Waals surface area contributed by atoms with Gasteiger partial charge in [0.15, 0.2) is 5.78 Å². The lowest BCUT2D eigenvalue weighted by Gasteiger charge is -2.35. The van der Waals surface area contributed by atoms with Gasteiger partial charge in [-0.15, -0.1) is 0 Å². The van der Waals surface area contributed by atoms with Crippen molar-refractivity contribution in [3.8, 4) is 0 Å². The van der Waals surface area contributed by atoms with Crippen LogP contribution in [0.5, 0.6) is 0 Å². The van der Waals surface area contributed by atoms with Gasteiger partial charge in [-0.3, -0.25) is 4.79 Å². The average Bonchev–Trinajstić information content (AvgIpc) is 2.70. The first kappa shape index (κ1) is 17.0. The molecule has 24 heavy (non-hydrogen) atoms. The fraction of sp³-hybridized carbons (Fsp3) is 0.600. The molecule has 0 spiro atoms. The monoisotopic (exact) mass is 329 g/mol. The van der Waals surface area contributed by atoms with Crippen LogP contribution in [0.4, 0.5) is 4.79 Å². The second-order valence-corrected chi connectivity index (χ2v) is 7.92. The van der Waals surface area contributed by atoms with E-state index < -0.39 is 5.60 Å². The molecule has 1 saturated heterocycles. The summed E-state index contributed by atoms with van der Waals surface area (Å²) >= 11 is 0. The zero-order valence-electron chi connectivity index (χ0n) is 14.9. The zero-order valence-corrected chi connectivity index (χ0v) is 14.9. The molecule has 2 aliphatic rings. The molecule has 1 heterocycles. The lowest BCUT2D eigenvalue weighted by Crippen LogP contribution is -2.47. The van der Waals surface area contributed by atoms with Crippen molar-refractivity contribution >= 4 is 11.9 Å². The molecule has 0 bridgehead atoms. The lowest BCUT2D eigenvalue weighted by molar-refractivity contribution is 0.0112. The SMILES string of the molecule is CC(C)(C)OC(=O)N1CCCCC[C@H]1[C@@H]1Cc2ccccc2C1=O. The van der Waals surface area contributed by atoms with E-state index >= 15 is 0 Å². The van der Waals surface area contributed by atoms with Gasteiger partial charge in [0.2, 0.25) is 0 Å². The zero-order chi connectivity index (χ0) is 17.3. The highest BCUT2D eigenvalue weighted by Gasteiger charge is 2.41. The van der Waals surface area contributed by atoms with Crippen LogP contribution in [0.2, 0.25) is 0 Å². The first-order valence-corrected chi connectivity index (χ1v) is 8.98. The molecular formula is C20H27NO3. The Kier molecular flexibility index (Phi) is 4.66. The van der Waals surface area contributed by atoms with E-state index in [0.29, 0.717) is 6.54 Å². The van der Waals surface area contributed by atoms with E-state index in [1.807, 2.05) is 49.9 Å². The minimum Gasteiger partial charge on any atom is -0.444 e. The summed E-state index contributed by atoms with van der Waals surface area (Å²) in [7, 11) is 0. The number of likely N-dealkylation sites (tertiary alicyclic amines) is 1. The smallest absolute Gasteiger partial charge is 0.410 e. The molecule has 1 fully saturated rings. The van der Waals surface area contributed by atoms with Crippen LogP contribution in [0, 0.1) is 5.92 Å². The summed E-state index contributed by atoms with van der Waals surface area (Å²) in [5.41, 5.74) is 1.42. The van der Waals surface area contributed by atoms with Crippen LogP contribution in [0.1, 0.15) is 62.4 Å². The lowest BCUT2D eigenvalue weighted by atomic mass is 9.91. The number of ether oxygens (including phenoxy) is 1. The molecule has 4 nitrogen and oxygen atoms in total. The Balaban J connectivity index is 1.84. The maximum atomic E-state index is 12.9. The highest BCUT2D eigenvalue weighted by molar-refractivity contribution is 6.02. The van der Waals surface area contributed by atoms with Crippen molar-refractivity contribution in [2.45, 2.75) is 64.5 Å². The van der Waals surface area contributed by atoms with E-state index in [2.05, 4.69) is 0 Å². The molecule has 130 valence electrons. The van der Waals surface area contributed by atoms with Crippen LogP contribution in [-0.4, -0.2) is 35.0 Å². The van der Waals surface area contributed by atoms with E-state index in [4.69, 9.17) is 4.74 Å². The molecule has 0 radical (unpaired) electrons. The topological polar surface area (TPSA) is 46.6 Å². The number of benzene rings is 1. The highest BCUT2D eigenvalue weighted by Crippen LogP contribution is 2.34. The van der Waals surface area contributed by atoms with E-state index in [1.54, 1.807) is 0 Å². The number of hydrogen-bond donors (Lipinski definition) is 0. The second kappa shape index (κ2) is 6.58. The van der Waals surface area contributed by atoms with Crippen molar-refractivity contribution in [3.63, 3.8) is 0 Å². The number of nitrogens with zero attached hydrogens (tertiary/aromatic N) is 1. The van der Waals surface area contributed by atoms with Gasteiger partial charge in [-0.25, -0.2) is 4.79 Å². The molecule has 2 atom stereocenters. The van der Waals surface area contributed by atoms with Crippen molar-refractivity contribution in [2.75, 3.05) is 6.54 Å². The van der Waals surface area contributed by atoms with Crippen molar-refractivity contribution in [1.82, 2.24) is 4.90 Å². The van der Waals surface area contributed by atoms with Gasteiger partial charge in [0, 0.05) is 24.1 Å². The molecule has 1 aromatic carbocycles. The van der Waals surface area contributed by atoms with Crippen molar-refractivity contribution in [2.24, 2.45) is 5.92 Å². The van der Waals surface area contributed by atoms with Crippen LogP contribution in [0.25, 0.3) is 0 Å². The first-order valence-electron chi connectivity index (χ1n) is 8.98. The van der Waals surface area contributed by atoms with Crippen LogP contribution in [-0.2, 0) is 11.2 Å². The summed E-state index contributed by atoms with van der Waals surface area (Å²) in [5.74, 6) is 0.0547. The van der Waals surface area contributed by atoms with Crippen molar-refractivity contribution in [3.05, 3.63) is 35.4 Å². The van der Waals surface area contributed by atoms with E-state index in [-0.39, 0.29) is 23.8 Å². The molecule has 0 saturated carbocycles. The number of carbonyl (C=O) groups is 2. The predicted octanol–water partition coefficient (Wildman–Crippen LogP) is 4.22. The van der Waals surface area contributed by atoms with Gasteiger partial charge >= 0.3 is 6.09 Å². The third-order valence-electron chi connectivity index (χ3n) is 4.95. The van der Waals surface area contributed by atoms with Gasteiger partial charge in [-0.1, -0.05) is 37.1 Å². The van der Waals surface area contributed by atoms with Gasteiger partial charge in [0.1, 0.15) is 5.60 Å². The normalized spacial score (nSPS) is 24.5. The number of hydrogen-bond acceptors (Lipinski definition) is 3. The van der Waals surface area contributed by atoms with Crippen LogP contribution in [0.3, 0.4) is 0 Å². The number of fused-ring (bicyclic) bond motifs is 1. The van der Waals surface area contributed by atoms with Gasteiger partial charge in [0.05, 0.1) is 0 Å². The number of amides is 1. The Hall–Kier alpha value is -1.84. The molecule has 1 aromatic rings. The summed E-state index contributed by atoms with van der Waals surface area (Å²) in [6, 6.07) is 7.78. The largest absolute Gasteiger partial charge is 0.444 e. The summed E-state index contributed by atoms with van der Waals surface area (Å²) < 4.78 is 5.61. The molecule has 1 aliphatic carbocycles. The molecule has 1 amide bonds. The number of carbonyl (C=O) groups excluding carboxylic acids is 2. The number of Topliss-reactive ketones (excluding diaryl/α,β-unsaturated/α-hetero) is 1. The maximum absolute atomic E-state index is 12.9. The number of ketones is 1. The van der Waals surface area contributed by atoms with Crippen LogP contribution < -0.4 is 0 Å². The number of rotatable bonds is 1. The molecule has 0 unspecified atom stereocenters. The first-order chi connectivity index (χ1) is 11.4. The second-order valence-electron chi connectivity index (χ2n) is 7.92. The standard InChI is InChI=1S/C20H27NO3/c1-20(2,3)24-19(23)21-12-8-4-5-11-17(21)16-13-14-9-6-7-10-15(14)18(16)22/h6-7,9-10,16-17H,4-5,8,11-13H2,1-3H3/t16-,17-/m0/s1. The molecule has 4 heteroatoms. The van der Waals surface area contributed by atoms with Crippen molar-refractivity contribution < 1.29 is 14.3 Å². The third kappa shape index (κ3) is 3.47. The Bertz CT molecular complexity index is 632. The average molecular weight is 329 g/mol. The van der Waals surface area contributed by atoms with E-state index in [9.17, 15) is 9.59 Å². The highest BCUT2D eigenvalue weighted by atomic mass is 16.6. The van der Waals surface area contributed by atoms with Crippen molar-refractivity contribution in [1.29, 1.82) is 0 Å². The van der Waals surface area contributed by atoms with Crippen LogP contribution in [0.15, 0.2) is 24.3 Å². The summed E-state index contributed by atoms with van der Waals surface area (Å²) in [4.78, 5) is 27.4. The Morgan fingerprint density at radius 3 is 2.62 bits per heavy atom. The van der Waals surface area contributed by atoms with Gasteiger partial charge < -0.3 is 9.64 Å². The fourth-order valence-corrected chi connectivity index (χ4v) is 3.88. The third-order valence-corrected chi connectivity index (χ3v) is 4.95. The van der Waals surface area contributed by atoms with Gasteiger partial charge in [-0.05, 0) is 45.6 Å². The minimum atomic E-state index is -0.517. The molecule has 0 aromatic heterocycles. The summed E-state index contributed by atoms with van der Waals surface area (Å²) in [5, 5.41) is 0. The van der Waals surface area contributed by atoms with Gasteiger partial charge in [0.25, 0.3) is 0 Å². The molecule has 3 rings (SSSR count). The van der Waals surface area contributed by atoms with Crippen LogP contribution >= 0.6 is 0 Å². The molecule has 1 aliphatic heterocycles. The fourth-order valence-electron chi connectivity index (χ4n) is 3.88. The minimum absolute atomic E-state index is 0.0535. The van der Waals surface area contributed by atoms with E-state index in [1.165, 1.54) is 0 Å². The quantitative estimate of drug-likeness (QED) is 0.775. The summed E-state index contributed by atoms with van der Waals surface area (Å²) in [6.45, 7) is 6.33. The Labute approximate surface area is 144 Å². The van der Waals surface area contributed by atoms with Gasteiger partial charge in [-0.2, -0.15) is 0 Å².